The van der Waals surface area contributed by atoms with E-state index in [2.05, 4.69) is 6.92 Å². The minimum atomic E-state index is -1.62. The number of aromatic nitrogens is 1. The fourth-order valence-electron chi connectivity index (χ4n) is 5.38. The molecule has 35 heavy (non-hydrogen) atoms. The van der Waals surface area contributed by atoms with E-state index in [0.29, 0.717) is 28.6 Å². The summed E-state index contributed by atoms with van der Waals surface area (Å²) in [5.74, 6) is -0.656. The molecule has 0 radical (unpaired) electrons. The highest BCUT2D eigenvalue weighted by Crippen LogP contribution is 2.56. The summed E-state index contributed by atoms with van der Waals surface area (Å²) in [7, 11) is 0. The zero-order valence-corrected chi connectivity index (χ0v) is 20.1. The molecule has 6 nitrogen and oxygen atoms in total. The predicted octanol–water partition coefficient (Wildman–Crippen LogP) is 6.03. The molecule has 3 aromatic rings. The van der Waals surface area contributed by atoms with Gasteiger partial charge in [-0.3, -0.25) is 9.36 Å². The molecule has 1 aliphatic heterocycles. The molecule has 0 saturated carbocycles. The van der Waals surface area contributed by atoms with Crippen LogP contribution in [0.5, 0.6) is 0 Å². The molecule has 1 spiro atoms. The van der Waals surface area contributed by atoms with Crippen LogP contribution in [-0.2, 0) is 24.5 Å². The number of allylic oxidation sites excluding steroid dienone is 3. The van der Waals surface area contributed by atoms with Gasteiger partial charge in [0.15, 0.2) is 11.2 Å². The summed E-state index contributed by atoms with van der Waals surface area (Å²) in [5.41, 5.74) is 2.74. The topological polar surface area (TPSA) is 74.6 Å². The molecule has 1 atom stereocenters. The van der Waals surface area contributed by atoms with Gasteiger partial charge < -0.3 is 9.47 Å². The Hall–Kier alpha value is -3.93. The van der Waals surface area contributed by atoms with E-state index in [1.807, 2.05) is 48.5 Å². The van der Waals surface area contributed by atoms with Gasteiger partial charge in [0.05, 0.1) is 12.1 Å². The van der Waals surface area contributed by atoms with E-state index >= 15 is 0 Å². The van der Waals surface area contributed by atoms with E-state index in [4.69, 9.17) is 9.47 Å². The molecule has 2 aromatic carbocycles. The number of para-hydroxylation sites is 1. The Bertz CT molecular complexity index is 1440. The largest absolute Gasteiger partial charge is 0.449 e. The van der Waals surface area contributed by atoms with Crippen LogP contribution in [0.2, 0.25) is 0 Å². The van der Waals surface area contributed by atoms with E-state index in [9.17, 15) is 14.4 Å². The van der Waals surface area contributed by atoms with Crippen molar-refractivity contribution in [2.24, 2.45) is 0 Å². The normalized spacial score (nSPS) is 19.2. The van der Waals surface area contributed by atoms with Gasteiger partial charge in [-0.15, -0.1) is 0 Å². The third-order valence-corrected chi connectivity index (χ3v) is 6.82. The van der Waals surface area contributed by atoms with Crippen molar-refractivity contribution in [2.45, 2.75) is 45.4 Å². The number of nitrogens with zero attached hydrogens (tertiary/aromatic N) is 1. The Morgan fingerprint density at radius 1 is 1.03 bits per heavy atom. The van der Waals surface area contributed by atoms with Crippen LogP contribution in [0.25, 0.3) is 22.0 Å². The number of ketones is 1. The minimum absolute atomic E-state index is 0.232. The predicted molar refractivity (Wildman–Crippen MR) is 134 cm³/mol. The van der Waals surface area contributed by atoms with Gasteiger partial charge in [0.2, 0.25) is 0 Å². The van der Waals surface area contributed by atoms with Crippen LogP contribution in [-0.4, -0.2) is 29.0 Å². The van der Waals surface area contributed by atoms with Crippen molar-refractivity contribution in [3.8, 4) is 0 Å². The number of cyclic esters (lactones) is 1. The Morgan fingerprint density at radius 2 is 1.77 bits per heavy atom. The summed E-state index contributed by atoms with van der Waals surface area (Å²) in [6.07, 6.45) is 5.12. The summed E-state index contributed by atoms with van der Waals surface area (Å²) >= 11 is 0. The molecular weight excluding hydrogens is 442 g/mol. The standard InChI is InChI=1S/C29H27NO5/c1-4-6-11-21-19-12-7-9-14-23(19)29(25(31)16-18(3)35-27(29)32)26(21)22-17-30(28(33)34-5-2)24-15-10-8-13-20(22)24/h7-10,12-17H,4-6,11H2,1-3H3. The summed E-state index contributed by atoms with van der Waals surface area (Å²) < 4.78 is 12.4. The van der Waals surface area contributed by atoms with E-state index in [0.717, 1.165) is 29.4 Å². The van der Waals surface area contributed by atoms with Gasteiger partial charge in [-0.1, -0.05) is 55.8 Å². The first kappa shape index (κ1) is 22.8. The summed E-state index contributed by atoms with van der Waals surface area (Å²) in [5, 5.41) is 0.767. The van der Waals surface area contributed by atoms with Crippen LogP contribution in [0.4, 0.5) is 4.79 Å². The van der Waals surface area contributed by atoms with Crippen molar-refractivity contribution in [2.75, 3.05) is 6.61 Å². The lowest BCUT2D eigenvalue weighted by atomic mass is 9.70. The number of esters is 1. The second-order valence-corrected chi connectivity index (χ2v) is 8.89. The first-order valence-corrected chi connectivity index (χ1v) is 12.0. The Labute approximate surface area is 203 Å². The Kier molecular flexibility index (Phi) is 5.67. The van der Waals surface area contributed by atoms with E-state index in [1.165, 1.54) is 10.6 Å². The fraction of sp³-hybridized carbons (Fsp3) is 0.276. The second kappa shape index (κ2) is 8.69. The molecular formula is C29H27NO5. The van der Waals surface area contributed by atoms with Gasteiger partial charge in [-0.2, -0.15) is 0 Å². The maximum absolute atomic E-state index is 13.9. The Morgan fingerprint density at radius 3 is 2.51 bits per heavy atom. The summed E-state index contributed by atoms with van der Waals surface area (Å²) in [6, 6.07) is 15.0. The van der Waals surface area contributed by atoms with Crippen molar-refractivity contribution in [1.82, 2.24) is 4.57 Å². The first-order chi connectivity index (χ1) is 16.9. The number of ether oxygens (including phenoxy) is 2. The van der Waals surface area contributed by atoms with Crippen molar-refractivity contribution in [3.05, 3.63) is 83.3 Å². The second-order valence-electron chi connectivity index (χ2n) is 8.89. The third kappa shape index (κ3) is 3.27. The number of unbranched alkanes of at least 4 members (excludes halogenated alkanes) is 1. The summed E-state index contributed by atoms with van der Waals surface area (Å²) in [6.45, 7) is 5.70. The highest BCUT2D eigenvalue weighted by Gasteiger charge is 2.59. The zero-order chi connectivity index (χ0) is 24.7. The van der Waals surface area contributed by atoms with Crippen LogP contribution in [0.15, 0.2) is 66.6 Å². The molecule has 0 fully saturated rings. The third-order valence-electron chi connectivity index (χ3n) is 6.82. The number of carbonyl (C=O) groups excluding carboxylic acids is 3. The SMILES string of the molecule is CCCCC1=C(c2cn(C(=O)OCC)c3ccccc23)C2(C(=O)C=C(C)OC2=O)c2ccccc21. The van der Waals surface area contributed by atoms with Gasteiger partial charge in [-0.25, -0.2) is 9.59 Å². The lowest BCUT2D eigenvalue weighted by molar-refractivity contribution is -0.148. The van der Waals surface area contributed by atoms with Crippen molar-refractivity contribution in [1.29, 1.82) is 0 Å². The van der Waals surface area contributed by atoms with Crippen molar-refractivity contribution < 1.29 is 23.9 Å². The van der Waals surface area contributed by atoms with Crippen LogP contribution in [0.1, 0.15) is 56.7 Å². The van der Waals surface area contributed by atoms with Gasteiger partial charge in [0, 0.05) is 23.2 Å². The van der Waals surface area contributed by atoms with Crippen molar-refractivity contribution >= 4 is 39.9 Å². The lowest BCUT2D eigenvalue weighted by Crippen LogP contribution is -2.46. The molecule has 1 aromatic heterocycles. The molecule has 2 heterocycles. The van der Waals surface area contributed by atoms with Gasteiger partial charge in [0.25, 0.3) is 0 Å². The summed E-state index contributed by atoms with van der Waals surface area (Å²) in [4.78, 5) is 40.5. The fourth-order valence-corrected chi connectivity index (χ4v) is 5.38. The molecule has 178 valence electrons. The molecule has 0 amide bonds. The monoisotopic (exact) mass is 469 g/mol. The lowest BCUT2D eigenvalue weighted by Gasteiger charge is -2.32. The van der Waals surface area contributed by atoms with Crippen molar-refractivity contribution in [3.63, 3.8) is 0 Å². The van der Waals surface area contributed by atoms with Crippen LogP contribution >= 0.6 is 0 Å². The molecule has 5 rings (SSSR count). The number of rotatable bonds is 5. The molecule has 1 unspecified atom stereocenters. The first-order valence-electron chi connectivity index (χ1n) is 12.0. The molecule has 0 saturated heterocycles. The van der Waals surface area contributed by atoms with Crippen LogP contribution < -0.4 is 0 Å². The Balaban J connectivity index is 1.89. The number of benzene rings is 2. The smallest absolute Gasteiger partial charge is 0.418 e. The maximum Gasteiger partial charge on any atom is 0.418 e. The molecule has 1 aliphatic carbocycles. The maximum atomic E-state index is 13.9. The van der Waals surface area contributed by atoms with E-state index < -0.39 is 17.5 Å². The quantitative estimate of drug-likeness (QED) is 0.337. The van der Waals surface area contributed by atoms with E-state index in [-0.39, 0.29) is 18.1 Å². The highest BCUT2D eigenvalue weighted by atomic mass is 16.5. The van der Waals surface area contributed by atoms with Gasteiger partial charge in [-0.05, 0) is 55.0 Å². The molecule has 2 aliphatic rings. The van der Waals surface area contributed by atoms with Gasteiger partial charge in [0.1, 0.15) is 5.76 Å². The number of fused-ring (bicyclic) bond motifs is 3. The van der Waals surface area contributed by atoms with E-state index in [1.54, 1.807) is 20.0 Å². The minimum Gasteiger partial charge on any atom is -0.449 e. The molecule has 6 heteroatoms. The zero-order valence-electron chi connectivity index (χ0n) is 20.1. The number of hydrogen-bond acceptors (Lipinski definition) is 5. The van der Waals surface area contributed by atoms with Gasteiger partial charge >= 0.3 is 12.1 Å². The van der Waals surface area contributed by atoms with Crippen LogP contribution in [0.3, 0.4) is 0 Å². The molecule has 0 bridgehead atoms. The number of carbonyl (C=O) groups is 3. The number of hydrogen-bond donors (Lipinski definition) is 0. The average Bonchev–Trinajstić information content (AvgIpc) is 3.36. The average molecular weight is 470 g/mol. The molecule has 0 N–H and O–H groups in total. The van der Waals surface area contributed by atoms with Crippen LogP contribution in [0, 0.1) is 0 Å². The highest BCUT2D eigenvalue weighted by molar-refractivity contribution is 6.32.